The number of halogens is 2. The molecule has 0 aliphatic heterocycles. The summed E-state index contributed by atoms with van der Waals surface area (Å²) < 4.78 is 19.9. The summed E-state index contributed by atoms with van der Waals surface area (Å²) in [5.41, 5.74) is 3.04. The predicted molar refractivity (Wildman–Crippen MR) is 105 cm³/mol. The molecule has 0 atom stereocenters. The van der Waals surface area contributed by atoms with E-state index in [1.807, 2.05) is 60.7 Å². The van der Waals surface area contributed by atoms with Crippen molar-refractivity contribution in [2.45, 2.75) is 6.61 Å². The van der Waals surface area contributed by atoms with Crippen LogP contribution in [0.3, 0.4) is 0 Å². The molecule has 0 aliphatic rings. The normalized spacial score (nSPS) is 11.0. The molecule has 0 aliphatic carbocycles. The van der Waals surface area contributed by atoms with Gasteiger partial charge in [0.15, 0.2) is 0 Å². The lowest BCUT2D eigenvalue weighted by molar-refractivity contribution is 0.305. The van der Waals surface area contributed by atoms with Gasteiger partial charge in [-0.1, -0.05) is 52.3 Å². The molecule has 3 aromatic rings. The monoisotopic (exact) mass is 407 g/mol. The first-order valence-electron chi connectivity index (χ1n) is 7.99. The molecule has 0 unspecified atom stereocenters. The maximum Gasteiger partial charge on any atom is 0.123 e. The van der Waals surface area contributed by atoms with E-state index in [1.54, 1.807) is 6.07 Å². The Kier molecular flexibility index (Phi) is 5.83. The quantitative estimate of drug-likeness (QED) is 0.370. The van der Waals surface area contributed by atoms with Gasteiger partial charge in [0, 0.05) is 4.47 Å². The molecule has 0 saturated heterocycles. The molecule has 0 amide bonds. The van der Waals surface area contributed by atoms with E-state index < -0.39 is 0 Å². The number of rotatable bonds is 5. The maximum absolute atomic E-state index is 13.2. The molecule has 128 valence electrons. The fourth-order valence-corrected chi connectivity index (χ4v) is 2.73. The van der Waals surface area contributed by atoms with Crippen LogP contribution in [-0.4, -0.2) is 0 Å². The Labute approximate surface area is 160 Å². The largest absolute Gasteiger partial charge is 0.489 e. The number of ether oxygens (including phenoxy) is 1. The van der Waals surface area contributed by atoms with Gasteiger partial charge < -0.3 is 4.74 Å². The first-order valence-corrected chi connectivity index (χ1v) is 8.78. The zero-order chi connectivity index (χ0) is 18.4. The minimum absolute atomic E-state index is 0.281. The zero-order valence-corrected chi connectivity index (χ0v) is 15.4. The number of benzene rings is 3. The lowest BCUT2D eigenvalue weighted by Crippen LogP contribution is -1.96. The van der Waals surface area contributed by atoms with Gasteiger partial charge in [0.05, 0.1) is 11.6 Å². The molecule has 26 heavy (non-hydrogen) atoms. The molecule has 4 heteroatoms. The van der Waals surface area contributed by atoms with Crippen molar-refractivity contribution in [3.8, 4) is 11.8 Å². The lowest BCUT2D eigenvalue weighted by Gasteiger charge is -2.07. The summed E-state index contributed by atoms with van der Waals surface area (Å²) in [6, 6.07) is 23.6. The van der Waals surface area contributed by atoms with Gasteiger partial charge in [-0.2, -0.15) is 5.26 Å². The van der Waals surface area contributed by atoms with E-state index in [9.17, 15) is 9.65 Å². The minimum Gasteiger partial charge on any atom is -0.489 e. The van der Waals surface area contributed by atoms with Crippen molar-refractivity contribution in [1.29, 1.82) is 5.26 Å². The average Bonchev–Trinajstić information content (AvgIpc) is 2.66. The Bertz CT molecular complexity index is 974. The van der Waals surface area contributed by atoms with Crippen molar-refractivity contribution in [2.75, 3.05) is 0 Å². The third-order valence-electron chi connectivity index (χ3n) is 3.74. The molecule has 0 heterocycles. The van der Waals surface area contributed by atoms with Crippen molar-refractivity contribution >= 4 is 27.6 Å². The second-order valence-corrected chi connectivity index (χ2v) is 6.58. The second-order valence-electron chi connectivity index (χ2n) is 5.67. The van der Waals surface area contributed by atoms with Crippen LogP contribution in [0.15, 0.2) is 77.3 Å². The highest BCUT2D eigenvalue weighted by Crippen LogP contribution is 2.22. The van der Waals surface area contributed by atoms with Crippen molar-refractivity contribution in [1.82, 2.24) is 0 Å². The Morgan fingerprint density at radius 1 is 1.04 bits per heavy atom. The number of allylic oxidation sites excluding steroid dienone is 1. The topological polar surface area (TPSA) is 33.0 Å². The van der Waals surface area contributed by atoms with E-state index >= 15 is 0 Å². The van der Waals surface area contributed by atoms with E-state index in [0.29, 0.717) is 11.3 Å². The summed E-state index contributed by atoms with van der Waals surface area (Å²) in [6.45, 7) is 0.281. The fourth-order valence-electron chi connectivity index (χ4n) is 2.46. The van der Waals surface area contributed by atoms with Crippen LogP contribution in [0.25, 0.3) is 11.6 Å². The lowest BCUT2D eigenvalue weighted by atomic mass is 10.0. The molecule has 0 spiro atoms. The standard InChI is InChI=1S/C22H15BrFNO/c23-20-9-7-18(8-10-20)19(14-25)11-16-3-2-6-22(13-16)26-15-17-4-1-5-21(24)12-17/h1-13H,15H2/b19-11+. The summed E-state index contributed by atoms with van der Waals surface area (Å²) in [5, 5.41) is 9.46. The van der Waals surface area contributed by atoms with E-state index in [1.165, 1.54) is 12.1 Å². The van der Waals surface area contributed by atoms with Crippen molar-refractivity contribution < 1.29 is 9.13 Å². The molecule has 3 aromatic carbocycles. The maximum atomic E-state index is 13.2. The fraction of sp³-hybridized carbons (Fsp3) is 0.0455. The van der Waals surface area contributed by atoms with Crippen LogP contribution in [0, 0.1) is 17.1 Å². The van der Waals surface area contributed by atoms with Crippen LogP contribution < -0.4 is 4.74 Å². The van der Waals surface area contributed by atoms with Crippen LogP contribution in [0.5, 0.6) is 5.75 Å². The van der Waals surface area contributed by atoms with Gasteiger partial charge in [0.25, 0.3) is 0 Å². The predicted octanol–water partition coefficient (Wildman–Crippen LogP) is 6.23. The number of nitrogens with zero attached hydrogens (tertiary/aromatic N) is 1. The number of hydrogen-bond donors (Lipinski definition) is 0. The molecule has 0 radical (unpaired) electrons. The average molecular weight is 408 g/mol. The molecule has 0 N–H and O–H groups in total. The number of hydrogen-bond acceptors (Lipinski definition) is 2. The van der Waals surface area contributed by atoms with Crippen LogP contribution in [0.4, 0.5) is 4.39 Å². The molecule has 0 aromatic heterocycles. The highest BCUT2D eigenvalue weighted by atomic mass is 79.9. The van der Waals surface area contributed by atoms with Gasteiger partial charge in [0.2, 0.25) is 0 Å². The van der Waals surface area contributed by atoms with Gasteiger partial charge in [-0.3, -0.25) is 0 Å². The summed E-state index contributed by atoms with van der Waals surface area (Å²) in [4.78, 5) is 0. The van der Waals surface area contributed by atoms with Gasteiger partial charge in [0.1, 0.15) is 18.2 Å². The molecular weight excluding hydrogens is 393 g/mol. The Morgan fingerprint density at radius 2 is 1.81 bits per heavy atom. The van der Waals surface area contributed by atoms with Crippen LogP contribution in [0.2, 0.25) is 0 Å². The molecule has 3 rings (SSSR count). The Morgan fingerprint density at radius 3 is 2.54 bits per heavy atom. The SMILES string of the molecule is N#C/C(=C\c1cccc(OCc2cccc(F)c2)c1)c1ccc(Br)cc1. The summed E-state index contributed by atoms with van der Waals surface area (Å²) >= 11 is 3.39. The summed E-state index contributed by atoms with van der Waals surface area (Å²) in [5.74, 6) is 0.382. The van der Waals surface area contributed by atoms with Gasteiger partial charge in [-0.15, -0.1) is 0 Å². The zero-order valence-electron chi connectivity index (χ0n) is 13.8. The van der Waals surface area contributed by atoms with Crippen molar-refractivity contribution in [2.24, 2.45) is 0 Å². The Hall–Kier alpha value is -2.90. The van der Waals surface area contributed by atoms with Crippen molar-refractivity contribution in [3.63, 3.8) is 0 Å². The third kappa shape index (κ3) is 4.81. The first kappa shape index (κ1) is 17.9. The van der Waals surface area contributed by atoms with Gasteiger partial charge in [-0.05, 0) is 59.2 Å². The molecule has 0 fully saturated rings. The first-order chi connectivity index (χ1) is 12.6. The summed E-state index contributed by atoms with van der Waals surface area (Å²) in [6.07, 6.45) is 1.82. The third-order valence-corrected chi connectivity index (χ3v) is 4.27. The van der Waals surface area contributed by atoms with E-state index in [0.717, 1.165) is 21.2 Å². The van der Waals surface area contributed by atoms with Crippen molar-refractivity contribution in [3.05, 3.63) is 99.8 Å². The van der Waals surface area contributed by atoms with Gasteiger partial charge in [-0.25, -0.2) is 4.39 Å². The van der Waals surface area contributed by atoms with E-state index in [4.69, 9.17) is 4.74 Å². The van der Waals surface area contributed by atoms with Crippen LogP contribution >= 0.6 is 15.9 Å². The van der Waals surface area contributed by atoms with Crippen LogP contribution in [-0.2, 0) is 6.61 Å². The second kappa shape index (κ2) is 8.46. The molecular formula is C22H15BrFNO. The summed E-state index contributed by atoms with van der Waals surface area (Å²) in [7, 11) is 0. The van der Waals surface area contributed by atoms with E-state index in [2.05, 4.69) is 22.0 Å². The van der Waals surface area contributed by atoms with Crippen LogP contribution in [0.1, 0.15) is 16.7 Å². The Balaban J connectivity index is 1.77. The highest BCUT2D eigenvalue weighted by Gasteiger charge is 2.03. The van der Waals surface area contributed by atoms with E-state index in [-0.39, 0.29) is 12.4 Å². The van der Waals surface area contributed by atoms with Gasteiger partial charge >= 0.3 is 0 Å². The molecule has 0 saturated carbocycles. The number of nitriles is 1. The minimum atomic E-state index is -0.282. The molecule has 2 nitrogen and oxygen atoms in total. The molecule has 0 bridgehead atoms. The smallest absolute Gasteiger partial charge is 0.123 e. The highest BCUT2D eigenvalue weighted by molar-refractivity contribution is 9.10.